The van der Waals surface area contributed by atoms with Crippen molar-refractivity contribution in [2.45, 2.75) is 18.4 Å². The average molecular weight is 746 g/mol. The van der Waals surface area contributed by atoms with Crippen molar-refractivity contribution in [3.05, 3.63) is 236 Å². The highest BCUT2D eigenvalue weighted by Gasteiger charge is 2.49. The Labute approximate surface area is 341 Å². The number of anilines is 6. The summed E-state index contributed by atoms with van der Waals surface area (Å²) in [7, 11) is 0. The van der Waals surface area contributed by atoms with Crippen molar-refractivity contribution in [2.75, 3.05) is 15.5 Å². The molecule has 2 N–H and O–H groups in total. The van der Waals surface area contributed by atoms with Crippen LogP contribution in [0.2, 0.25) is 0 Å². The van der Waals surface area contributed by atoms with E-state index in [2.05, 4.69) is 241 Å². The van der Waals surface area contributed by atoms with E-state index in [-0.39, 0.29) is 11.5 Å². The van der Waals surface area contributed by atoms with Gasteiger partial charge in [-0.2, -0.15) is 0 Å². The number of benzene rings is 8. The zero-order valence-corrected chi connectivity index (χ0v) is 32.4. The second-order valence-electron chi connectivity index (χ2n) is 15.3. The van der Waals surface area contributed by atoms with Crippen LogP contribution in [0.3, 0.4) is 0 Å². The molecule has 0 spiro atoms. The molecule has 278 valence electrons. The number of allylic oxidation sites excluding steroid dienone is 2. The fraction of sp³-hybridized carbons (Fsp3) is 0.0545. The first-order chi connectivity index (χ1) is 28.6. The van der Waals surface area contributed by atoms with Crippen LogP contribution in [0.4, 0.5) is 34.1 Å². The third kappa shape index (κ3) is 6.47. The lowest BCUT2D eigenvalue weighted by Gasteiger charge is -2.39. The number of hydrogen-bond donors (Lipinski definition) is 2. The Hall–Kier alpha value is -7.36. The van der Waals surface area contributed by atoms with Crippen LogP contribution in [0.1, 0.15) is 18.1 Å². The first-order valence-corrected chi connectivity index (χ1v) is 20.0. The maximum absolute atomic E-state index is 3.88. The second-order valence-corrected chi connectivity index (χ2v) is 15.3. The summed E-state index contributed by atoms with van der Waals surface area (Å²) in [5.74, 6) is 0. The van der Waals surface area contributed by atoms with E-state index in [0.717, 1.165) is 39.4 Å². The normalized spacial score (nSPS) is 16.6. The highest BCUT2D eigenvalue weighted by atomic mass is 15.2. The van der Waals surface area contributed by atoms with Gasteiger partial charge in [0.15, 0.2) is 0 Å². The monoisotopic (exact) mass is 745 g/mol. The molecule has 0 bridgehead atoms. The fourth-order valence-corrected chi connectivity index (χ4v) is 8.86. The van der Waals surface area contributed by atoms with Gasteiger partial charge in [0.25, 0.3) is 0 Å². The zero-order valence-electron chi connectivity index (χ0n) is 32.4. The molecule has 3 nitrogen and oxygen atoms in total. The van der Waals surface area contributed by atoms with E-state index in [1.165, 1.54) is 44.8 Å². The molecule has 1 aliphatic carbocycles. The minimum absolute atomic E-state index is 0.0193. The van der Waals surface area contributed by atoms with Gasteiger partial charge < -0.3 is 15.5 Å². The van der Waals surface area contributed by atoms with Crippen molar-refractivity contribution >= 4 is 39.7 Å². The Balaban J connectivity index is 1.11. The minimum atomic E-state index is -0.258. The van der Waals surface area contributed by atoms with Crippen LogP contribution >= 0.6 is 0 Å². The third-order valence-electron chi connectivity index (χ3n) is 11.7. The van der Waals surface area contributed by atoms with Crippen molar-refractivity contribution in [1.82, 2.24) is 0 Å². The molecule has 2 unspecified atom stereocenters. The molecule has 0 saturated heterocycles. The third-order valence-corrected chi connectivity index (χ3v) is 11.7. The lowest BCUT2D eigenvalue weighted by molar-refractivity contribution is 0.562. The van der Waals surface area contributed by atoms with Gasteiger partial charge in [0.1, 0.15) is 0 Å². The Bertz CT molecular complexity index is 2770. The topological polar surface area (TPSA) is 27.3 Å². The van der Waals surface area contributed by atoms with E-state index in [0.29, 0.717) is 0 Å². The van der Waals surface area contributed by atoms with Gasteiger partial charge in [0.2, 0.25) is 0 Å². The lowest BCUT2D eigenvalue weighted by atomic mass is 9.71. The number of nitrogens with one attached hydrogen (secondary N) is 2. The van der Waals surface area contributed by atoms with Crippen LogP contribution in [0.5, 0.6) is 0 Å². The van der Waals surface area contributed by atoms with Gasteiger partial charge in [-0.05, 0) is 113 Å². The summed E-state index contributed by atoms with van der Waals surface area (Å²) in [5.41, 5.74) is 17.2. The van der Waals surface area contributed by atoms with E-state index in [1.54, 1.807) is 0 Å². The minimum Gasteiger partial charge on any atom is -0.355 e. The zero-order chi connectivity index (χ0) is 38.9. The average Bonchev–Trinajstić information content (AvgIpc) is 3.57. The van der Waals surface area contributed by atoms with E-state index < -0.39 is 0 Å². The number of para-hydroxylation sites is 3. The number of hydrogen-bond acceptors (Lipinski definition) is 3. The molecule has 2 aliphatic rings. The van der Waals surface area contributed by atoms with Crippen LogP contribution in [-0.4, -0.2) is 6.04 Å². The predicted octanol–water partition coefficient (Wildman–Crippen LogP) is 14.6. The predicted molar refractivity (Wildman–Crippen MR) is 245 cm³/mol. The van der Waals surface area contributed by atoms with Gasteiger partial charge in [-0.15, -0.1) is 0 Å². The van der Waals surface area contributed by atoms with Crippen molar-refractivity contribution in [3.63, 3.8) is 0 Å². The molecule has 0 amide bonds. The maximum Gasteiger partial charge on any atom is 0.0727 e. The van der Waals surface area contributed by atoms with Crippen molar-refractivity contribution in [3.8, 4) is 33.4 Å². The Morgan fingerprint density at radius 2 is 0.948 bits per heavy atom. The summed E-state index contributed by atoms with van der Waals surface area (Å²) < 4.78 is 0. The fourth-order valence-electron chi connectivity index (χ4n) is 8.86. The standard InChI is InChI=1S/C55H43N3/c1-55-36-16-25-47(54(55)58(46-23-12-5-13-24-46)53-27-15-14-26-50(53)55)49-38-43(31-35-52(49)57-45-32-28-40(29-33-45)39-17-6-2-7-18-39)42-30-34-51(56-44-21-10-4-11-22-44)48(37-42)41-19-8-3-9-20-41/h2-38,54,56-57H,1H3. The molecule has 1 heterocycles. The highest BCUT2D eigenvalue weighted by molar-refractivity contribution is 5.94. The van der Waals surface area contributed by atoms with Crippen molar-refractivity contribution < 1.29 is 0 Å². The van der Waals surface area contributed by atoms with Crippen LogP contribution < -0.4 is 15.5 Å². The summed E-state index contributed by atoms with van der Waals surface area (Å²) in [6, 6.07) is 73.9. The first kappa shape index (κ1) is 35.1. The molecule has 2 atom stereocenters. The number of rotatable bonds is 9. The smallest absolute Gasteiger partial charge is 0.0727 e. The summed E-state index contributed by atoms with van der Waals surface area (Å²) in [6.07, 6.45) is 6.99. The molecule has 0 radical (unpaired) electrons. The van der Waals surface area contributed by atoms with Gasteiger partial charge in [0.05, 0.1) is 6.04 Å². The van der Waals surface area contributed by atoms with Crippen molar-refractivity contribution in [2.24, 2.45) is 0 Å². The van der Waals surface area contributed by atoms with E-state index in [4.69, 9.17) is 0 Å². The van der Waals surface area contributed by atoms with Crippen molar-refractivity contribution in [1.29, 1.82) is 0 Å². The van der Waals surface area contributed by atoms with Crippen LogP contribution in [0, 0.1) is 0 Å². The number of fused-ring (bicyclic) bond motifs is 3. The van der Waals surface area contributed by atoms with Gasteiger partial charge in [-0.1, -0.05) is 158 Å². The first-order valence-electron chi connectivity index (χ1n) is 20.0. The Kier molecular flexibility index (Phi) is 9.04. The largest absolute Gasteiger partial charge is 0.355 e. The molecule has 58 heavy (non-hydrogen) atoms. The van der Waals surface area contributed by atoms with Crippen LogP contribution in [0.15, 0.2) is 224 Å². The van der Waals surface area contributed by atoms with Crippen LogP contribution in [-0.2, 0) is 5.41 Å². The van der Waals surface area contributed by atoms with Crippen LogP contribution in [0.25, 0.3) is 39.0 Å². The summed E-state index contributed by atoms with van der Waals surface area (Å²) in [4.78, 5) is 2.55. The second kappa shape index (κ2) is 14.9. The molecule has 8 aromatic rings. The molecule has 0 fully saturated rings. The lowest BCUT2D eigenvalue weighted by Crippen LogP contribution is -2.42. The molecule has 8 aromatic carbocycles. The van der Waals surface area contributed by atoms with Gasteiger partial charge in [-0.3, -0.25) is 0 Å². The number of nitrogens with zero attached hydrogens (tertiary/aromatic N) is 1. The van der Waals surface area contributed by atoms with Gasteiger partial charge in [0, 0.05) is 50.7 Å². The SMILES string of the molecule is CC12C=CC=C(c3cc(-c4ccc(Nc5ccccc5)c(-c5ccccc5)c4)ccc3Nc3ccc(-c4ccccc4)cc3)C1N(c1ccccc1)c1ccccc12. The molecule has 3 heteroatoms. The summed E-state index contributed by atoms with van der Waals surface area (Å²) in [6.45, 7) is 2.40. The van der Waals surface area contributed by atoms with E-state index >= 15 is 0 Å². The summed E-state index contributed by atoms with van der Waals surface area (Å²) in [5, 5.41) is 7.57. The van der Waals surface area contributed by atoms with E-state index in [9.17, 15) is 0 Å². The molecular weight excluding hydrogens is 703 g/mol. The van der Waals surface area contributed by atoms with E-state index in [1.807, 2.05) is 6.07 Å². The van der Waals surface area contributed by atoms with Gasteiger partial charge in [-0.25, -0.2) is 0 Å². The molecule has 1 aliphatic heterocycles. The molecule has 0 saturated carbocycles. The quantitative estimate of drug-likeness (QED) is 0.154. The Morgan fingerprint density at radius 3 is 1.62 bits per heavy atom. The van der Waals surface area contributed by atoms with Gasteiger partial charge >= 0.3 is 0 Å². The highest BCUT2D eigenvalue weighted by Crippen LogP contribution is 2.55. The molecule has 0 aromatic heterocycles. The molecule has 10 rings (SSSR count). The summed E-state index contributed by atoms with van der Waals surface area (Å²) >= 11 is 0. The molecular formula is C55H43N3. The maximum atomic E-state index is 3.88. The Morgan fingerprint density at radius 1 is 0.448 bits per heavy atom.